The van der Waals surface area contributed by atoms with Gasteiger partial charge in [-0.15, -0.1) is 6.58 Å². The van der Waals surface area contributed by atoms with Crippen LogP contribution in [0.2, 0.25) is 0 Å². The van der Waals surface area contributed by atoms with Gasteiger partial charge in [0, 0.05) is 0 Å². The number of aliphatic hydroxyl groups excluding tert-OH is 5. The maximum Gasteiger partial charge on any atom is 0.110 e. The first-order valence-corrected chi connectivity index (χ1v) is 3.88. The van der Waals surface area contributed by atoms with Gasteiger partial charge in [0.2, 0.25) is 0 Å². The summed E-state index contributed by atoms with van der Waals surface area (Å²) in [4.78, 5) is 0. The zero-order valence-electron chi connectivity index (χ0n) is 7.67. The van der Waals surface area contributed by atoms with Crippen LogP contribution >= 0.6 is 0 Å². The molecule has 1 unspecified atom stereocenters. The van der Waals surface area contributed by atoms with Crippen molar-refractivity contribution in [2.45, 2.75) is 25.2 Å². The van der Waals surface area contributed by atoms with Gasteiger partial charge in [-0.2, -0.15) is 0 Å². The van der Waals surface area contributed by atoms with Gasteiger partial charge in [-0.1, -0.05) is 6.08 Å². The van der Waals surface area contributed by atoms with Crippen LogP contribution < -0.4 is 0 Å². The van der Waals surface area contributed by atoms with Crippen LogP contribution in [-0.4, -0.2) is 57.1 Å². The van der Waals surface area contributed by atoms with Crippen molar-refractivity contribution in [1.82, 2.24) is 0 Å². The van der Waals surface area contributed by atoms with Crippen LogP contribution in [0.5, 0.6) is 0 Å². The van der Waals surface area contributed by atoms with Gasteiger partial charge in [0.25, 0.3) is 0 Å². The summed E-state index contributed by atoms with van der Waals surface area (Å²) in [6, 6.07) is 0. The quantitative estimate of drug-likeness (QED) is 0.341. The molecule has 0 aromatic rings. The van der Waals surface area contributed by atoms with Crippen molar-refractivity contribution in [2.24, 2.45) is 0 Å². The van der Waals surface area contributed by atoms with Crippen LogP contribution in [0.3, 0.4) is 0 Å². The minimum Gasteiger partial charge on any atom is -0.394 e. The van der Waals surface area contributed by atoms with Crippen LogP contribution in [-0.2, 0) is 0 Å². The van der Waals surface area contributed by atoms with Gasteiger partial charge in [-0.05, 0) is 6.92 Å². The topological polar surface area (TPSA) is 101 Å². The molecule has 0 aliphatic rings. The van der Waals surface area contributed by atoms with Gasteiger partial charge >= 0.3 is 0 Å². The Labute approximate surface area is 77.6 Å². The summed E-state index contributed by atoms with van der Waals surface area (Å²) < 4.78 is 0. The van der Waals surface area contributed by atoms with Crippen molar-refractivity contribution in [3.8, 4) is 0 Å². The molecule has 0 aromatic heterocycles. The van der Waals surface area contributed by atoms with Crippen molar-refractivity contribution in [3.05, 3.63) is 12.7 Å². The summed E-state index contributed by atoms with van der Waals surface area (Å²) in [7, 11) is 0. The van der Waals surface area contributed by atoms with E-state index in [-0.39, 0.29) is 0 Å². The van der Waals surface area contributed by atoms with Crippen molar-refractivity contribution in [1.29, 1.82) is 0 Å². The second kappa shape index (κ2) is 9.63. The third kappa shape index (κ3) is 7.89. The lowest BCUT2D eigenvalue weighted by Crippen LogP contribution is -2.41. The molecule has 13 heavy (non-hydrogen) atoms. The molecule has 0 radical (unpaired) electrons. The fourth-order valence-corrected chi connectivity index (χ4v) is 0.472. The summed E-state index contributed by atoms with van der Waals surface area (Å²) in [5.74, 6) is 0. The van der Waals surface area contributed by atoms with Crippen LogP contribution in [0.25, 0.3) is 0 Å². The van der Waals surface area contributed by atoms with Crippen LogP contribution in [0.4, 0.5) is 0 Å². The zero-order chi connectivity index (χ0) is 10.9. The lowest BCUT2D eigenvalue weighted by Gasteiger charge is -2.19. The fraction of sp³-hybridized carbons (Fsp3) is 0.750. The van der Waals surface area contributed by atoms with E-state index in [4.69, 9.17) is 25.5 Å². The average molecular weight is 194 g/mol. The summed E-state index contributed by atoms with van der Waals surface area (Å²) in [5.41, 5.74) is 0. The van der Waals surface area contributed by atoms with E-state index in [2.05, 4.69) is 6.58 Å². The predicted octanol–water partition coefficient (Wildman–Crippen LogP) is -1.75. The highest BCUT2D eigenvalue weighted by Crippen LogP contribution is 1.97. The van der Waals surface area contributed by atoms with E-state index in [1.807, 2.05) is 6.92 Å². The molecule has 3 atom stereocenters. The number of hydrogen-bond donors (Lipinski definition) is 5. The van der Waals surface area contributed by atoms with E-state index < -0.39 is 31.5 Å². The molecule has 0 aliphatic carbocycles. The number of allylic oxidation sites excluding steroid dienone is 1. The molecule has 0 saturated heterocycles. The lowest BCUT2D eigenvalue weighted by atomic mass is 10.1. The Morgan fingerprint density at radius 1 is 1.08 bits per heavy atom. The van der Waals surface area contributed by atoms with Gasteiger partial charge in [-0.25, -0.2) is 0 Å². The third-order valence-corrected chi connectivity index (χ3v) is 1.16. The van der Waals surface area contributed by atoms with E-state index >= 15 is 0 Å². The Bertz CT molecular complexity index is 107. The molecule has 0 bridgehead atoms. The summed E-state index contributed by atoms with van der Waals surface area (Å²) in [5, 5.41) is 42.6. The van der Waals surface area contributed by atoms with Crippen molar-refractivity contribution >= 4 is 0 Å². The summed E-state index contributed by atoms with van der Waals surface area (Å²) >= 11 is 0. The van der Waals surface area contributed by atoms with E-state index in [0.29, 0.717) is 0 Å². The predicted molar refractivity (Wildman–Crippen MR) is 48.1 cm³/mol. The Kier molecular flexibility index (Phi) is 11.1. The fourth-order valence-electron chi connectivity index (χ4n) is 0.472. The molecule has 0 aliphatic heterocycles. The Balaban J connectivity index is 0. The van der Waals surface area contributed by atoms with E-state index in [1.165, 1.54) is 0 Å². The van der Waals surface area contributed by atoms with E-state index in [0.717, 1.165) is 0 Å². The maximum atomic E-state index is 8.77. The summed E-state index contributed by atoms with van der Waals surface area (Å²) in [6.07, 6.45) is -2.54. The standard InChI is InChI=1S/C5H12O5.C3H6/c6-1-3(8)5(10)4(9)2-7;1-3-2/h3-10H,1-2H2;3H,1H2,2H3/t3-,4+,5?;. The van der Waals surface area contributed by atoms with Gasteiger partial charge in [-0.3, -0.25) is 0 Å². The van der Waals surface area contributed by atoms with Gasteiger partial charge < -0.3 is 25.5 Å². The van der Waals surface area contributed by atoms with Crippen molar-refractivity contribution < 1.29 is 25.5 Å². The molecule has 0 aromatic carbocycles. The molecule has 0 spiro atoms. The average Bonchev–Trinajstić information content (AvgIpc) is 2.15. The SMILES string of the molecule is C=CC.OC[C@@H](O)C(O)[C@@H](O)CO. The molecule has 5 heteroatoms. The Morgan fingerprint density at radius 3 is 1.46 bits per heavy atom. The lowest BCUT2D eigenvalue weighted by molar-refractivity contribution is -0.0900. The molecule has 80 valence electrons. The highest BCUT2D eigenvalue weighted by molar-refractivity contribution is 4.73. The van der Waals surface area contributed by atoms with E-state index in [1.54, 1.807) is 6.08 Å². The summed E-state index contributed by atoms with van der Waals surface area (Å²) in [6.45, 7) is 3.97. The van der Waals surface area contributed by atoms with E-state index in [9.17, 15) is 0 Å². The number of aliphatic hydroxyl groups is 5. The zero-order valence-corrected chi connectivity index (χ0v) is 7.67. The maximum absolute atomic E-state index is 8.77. The molecule has 0 amide bonds. The van der Waals surface area contributed by atoms with Gasteiger partial charge in [0.1, 0.15) is 18.3 Å². The van der Waals surface area contributed by atoms with Crippen molar-refractivity contribution in [3.63, 3.8) is 0 Å². The second-order valence-electron chi connectivity index (χ2n) is 2.40. The Hall–Kier alpha value is -0.460. The number of rotatable bonds is 4. The minimum absolute atomic E-state index is 0.641. The molecule has 0 rings (SSSR count). The first kappa shape index (κ1) is 15.0. The largest absolute Gasteiger partial charge is 0.394 e. The minimum atomic E-state index is -1.49. The van der Waals surface area contributed by atoms with Crippen LogP contribution in [0, 0.1) is 0 Å². The molecular weight excluding hydrogens is 176 g/mol. The molecule has 5 nitrogen and oxygen atoms in total. The molecule has 0 saturated carbocycles. The monoisotopic (exact) mass is 194 g/mol. The molecule has 0 heterocycles. The first-order valence-electron chi connectivity index (χ1n) is 3.88. The Morgan fingerprint density at radius 2 is 1.31 bits per heavy atom. The molecular formula is C8H18O5. The van der Waals surface area contributed by atoms with Gasteiger partial charge in [0.05, 0.1) is 13.2 Å². The molecule has 0 fully saturated rings. The van der Waals surface area contributed by atoms with Crippen LogP contribution in [0.15, 0.2) is 12.7 Å². The second-order valence-corrected chi connectivity index (χ2v) is 2.40. The highest BCUT2D eigenvalue weighted by atomic mass is 16.4. The third-order valence-electron chi connectivity index (χ3n) is 1.16. The van der Waals surface area contributed by atoms with Gasteiger partial charge in [0.15, 0.2) is 0 Å². The van der Waals surface area contributed by atoms with Crippen molar-refractivity contribution in [2.75, 3.05) is 13.2 Å². The number of hydrogen-bond acceptors (Lipinski definition) is 5. The highest BCUT2D eigenvalue weighted by Gasteiger charge is 2.22. The normalized spacial score (nSPS) is 16.5. The smallest absolute Gasteiger partial charge is 0.110 e. The van der Waals surface area contributed by atoms with Crippen LogP contribution in [0.1, 0.15) is 6.92 Å². The molecule has 5 N–H and O–H groups in total. The first-order chi connectivity index (χ1) is 6.04.